The van der Waals surface area contributed by atoms with Gasteiger partial charge in [-0.1, -0.05) is 18.2 Å². The Morgan fingerprint density at radius 2 is 2.25 bits per heavy atom. The average molecular weight is 325 g/mol. The minimum atomic E-state index is 0.141. The van der Waals surface area contributed by atoms with E-state index in [1.54, 1.807) is 0 Å². The number of para-hydroxylation sites is 1. The highest BCUT2D eigenvalue weighted by Crippen LogP contribution is 2.35. The number of hydrogen-bond donors (Lipinski definition) is 1. The number of aryl methyl sites for hydroxylation is 2. The lowest BCUT2D eigenvalue weighted by Crippen LogP contribution is -2.41. The summed E-state index contributed by atoms with van der Waals surface area (Å²) < 4.78 is 7.86. The van der Waals surface area contributed by atoms with Gasteiger partial charge in [0.05, 0.1) is 12.3 Å². The van der Waals surface area contributed by atoms with E-state index in [0.717, 1.165) is 48.6 Å². The molecule has 2 aliphatic heterocycles. The molecule has 3 heterocycles. The van der Waals surface area contributed by atoms with Crippen LogP contribution in [0.15, 0.2) is 30.5 Å². The summed E-state index contributed by atoms with van der Waals surface area (Å²) in [5.41, 5.74) is 2.21. The number of nitrogens with one attached hydrogen (secondary N) is 1. The fraction of sp³-hybridized carbons (Fsp3) is 0.474. The minimum absolute atomic E-state index is 0.141. The SMILES string of the molecule is Cc1cn2c(n1)CC[C@@H](NC(=O)C[C@H]1CCOc3ccccc31)C2. The summed E-state index contributed by atoms with van der Waals surface area (Å²) in [6, 6.07) is 8.27. The van der Waals surface area contributed by atoms with Gasteiger partial charge < -0.3 is 14.6 Å². The van der Waals surface area contributed by atoms with Crippen molar-refractivity contribution in [2.75, 3.05) is 6.61 Å². The number of hydrogen-bond acceptors (Lipinski definition) is 3. The fourth-order valence-corrected chi connectivity index (χ4v) is 3.84. The van der Waals surface area contributed by atoms with E-state index in [1.807, 2.05) is 25.1 Å². The molecule has 0 bridgehead atoms. The predicted octanol–water partition coefficient (Wildman–Crippen LogP) is 2.58. The number of ether oxygens (including phenoxy) is 1. The van der Waals surface area contributed by atoms with Gasteiger partial charge in [-0.3, -0.25) is 4.79 Å². The molecule has 1 amide bonds. The third-order valence-electron chi connectivity index (χ3n) is 4.99. The number of amides is 1. The number of carbonyl (C=O) groups is 1. The largest absolute Gasteiger partial charge is 0.493 e. The van der Waals surface area contributed by atoms with Gasteiger partial charge >= 0.3 is 0 Å². The molecule has 0 fully saturated rings. The molecule has 0 radical (unpaired) electrons. The van der Waals surface area contributed by atoms with Gasteiger partial charge in [-0.25, -0.2) is 4.98 Å². The first-order chi connectivity index (χ1) is 11.7. The van der Waals surface area contributed by atoms with Crippen molar-refractivity contribution in [1.29, 1.82) is 0 Å². The number of nitrogens with zero attached hydrogens (tertiary/aromatic N) is 2. The van der Waals surface area contributed by atoms with E-state index in [2.05, 4.69) is 27.1 Å². The maximum atomic E-state index is 12.5. The smallest absolute Gasteiger partial charge is 0.220 e. The molecule has 1 N–H and O–H groups in total. The van der Waals surface area contributed by atoms with E-state index in [0.29, 0.717) is 13.0 Å². The third kappa shape index (κ3) is 3.03. The van der Waals surface area contributed by atoms with Crippen LogP contribution < -0.4 is 10.1 Å². The number of imidazole rings is 1. The predicted molar refractivity (Wildman–Crippen MR) is 91.1 cm³/mol. The van der Waals surface area contributed by atoms with Crippen molar-refractivity contribution >= 4 is 5.91 Å². The molecule has 0 unspecified atom stereocenters. The lowest BCUT2D eigenvalue weighted by Gasteiger charge is -2.28. The van der Waals surface area contributed by atoms with Gasteiger partial charge in [0, 0.05) is 31.6 Å². The van der Waals surface area contributed by atoms with Crippen LogP contribution in [-0.2, 0) is 17.8 Å². The monoisotopic (exact) mass is 325 g/mol. The minimum Gasteiger partial charge on any atom is -0.493 e. The Kier molecular flexibility index (Phi) is 4.00. The summed E-state index contributed by atoms with van der Waals surface area (Å²) in [4.78, 5) is 17.0. The summed E-state index contributed by atoms with van der Waals surface area (Å²) in [7, 11) is 0. The van der Waals surface area contributed by atoms with Gasteiger partial charge in [-0.05, 0) is 37.3 Å². The summed E-state index contributed by atoms with van der Waals surface area (Å²) in [6.45, 7) is 3.53. The van der Waals surface area contributed by atoms with Crippen LogP contribution in [0.2, 0.25) is 0 Å². The quantitative estimate of drug-likeness (QED) is 0.944. The Morgan fingerprint density at radius 1 is 1.38 bits per heavy atom. The van der Waals surface area contributed by atoms with E-state index in [1.165, 1.54) is 0 Å². The highest BCUT2D eigenvalue weighted by molar-refractivity contribution is 5.77. The zero-order valence-corrected chi connectivity index (χ0v) is 14.0. The van der Waals surface area contributed by atoms with Crippen molar-refractivity contribution in [2.24, 2.45) is 0 Å². The maximum absolute atomic E-state index is 12.5. The molecule has 0 aliphatic carbocycles. The van der Waals surface area contributed by atoms with Crippen molar-refractivity contribution in [1.82, 2.24) is 14.9 Å². The Balaban J connectivity index is 1.38. The molecule has 4 rings (SSSR count). The second kappa shape index (κ2) is 6.30. The molecule has 0 saturated carbocycles. The van der Waals surface area contributed by atoms with Crippen molar-refractivity contribution in [3.05, 3.63) is 47.5 Å². The molecular formula is C19H23N3O2. The topological polar surface area (TPSA) is 56.2 Å². The summed E-state index contributed by atoms with van der Waals surface area (Å²) in [5.74, 6) is 2.46. The summed E-state index contributed by atoms with van der Waals surface area (Å²) in [6.07, 6.45) is 5.40. The first kappa shape index (κ1) is 15.2. The lowest BCUT2D eigenvalue weighted by molar-refractivity contribution is -0.122. The van der Waals surface area contributed by atoms with Gasteiger partial charge in [0.1, 0.15) is 11.6 Å². The zero-order valence-electron chi connectivity index (χ0n) is 14.0. The Hall–Kier alpha value is -2.30. The Labute approximate surface area is 142 Å². The number of aromatic nitrogens is 2. The van der Waals surface area contributed by atoms with Crippen LogP contribution in [0.25, 0.3) is 0 Å². The Morgan fingerprint density at radius 3 is 3.17 bits per heavy atom. The van der Waals surface area contributed by atoms with Crippen molar-refractivity contribution < 1.29 is 9.53 Å². The van der Waals surface area contributed by atoms with Crippen molar-refractivity contribution in [3.63, 3.8) is 0 Å². The van der Waals surface area contributed by atoms with Gasteiger partial charge in [0.25, 0.3) is 0 Å². The fourth-order valence-electron chi connectivity index (χ4n) is 3.84. The molecule has 1 aromatic heterocycles. The van der Waals surface area contributed by atoms with Gasteiger partial charge in [-0.2, -0.15) is 0 Å². The molecule has 1 aromatic carbocycles. The van der Waals surface area contributed by atoms with Crippen LogP contribution in [0.5, 0.6) is 5.75 Å². The molecule has 126 valence electrons. The summed E-state index contributed by atoms with van der Waals surface area (Å²) >= 11 is 0. The summed E-state index contributed by atoms with van der Waals surface area (Å²) in [5, 5.41) is 3.22. The van der Waals surface area contributed by atoms with Crippen LogP contribution in [0.4, 0.5) is 0 Å². The molecule has 2 atom stereocenters. The third-order valence-corrected chi connectivity index (χ3v) is 4.99. The molecule has 2 aliphatic rings. The van der Waals surface area contributed by atoms with E-state index in [4.69, 9.17) is 4.74 Å². The standard InChI is InChI=1S/C19H23N3O2/c1-13-11-22-12-15(6-7-18(22)20-13)21-19(23)10-14-8-9-24-17-5-3-2-4-16(14)17/h2-5,11,14-15H,6-10,12H2,1H3,(H,21,23)/t14-,15-/m1/s1. The molecular weight excluding hydrogens is 302 g/mol. The van der Waals surface area contributed by atoms with Crippen LogP contribution >= 0.6 is 0 Å². The van der Waals surface area contributed by atoms with Crippen molar-refractivity contribution in [2.45, 2.75) is 51.1 Å². The number of carbonyl (C=O) groups excluding carboxylic acids is 1. The van der Waals surface area contributed by atoms with E-state index in [-0.39, 0.29) is 17.9 Å². The molecule has 5 nitrogen and oxygen atoms in total. The first-order valence-electron chi connectivity index (χ1n) is 8.73. The van der Waals surface area contributed by atoms with E-state index >= 15 is 0 Å². The van der Waals surface area contributed by atoms with E-state index < -0.39 is 0 Å². The maximum Gasteiger partial charge on any atom is 0.220 e. The van der Waals surface area contributed by atoms with Crippen LogP contribution in [0.3, 0.4) is 0 Å². The molecule has 5 heteroatoms. The van der Waals surface area contributed by atoms with E-state index in [9.17, 15) is 4.79 Å². The molecule has 0 spiro atoms. The normalized spacial score (nSPS) is 22.2. The van der Waals surface area contributed by atoms with Crippen LogP contribution in [-0.4, -0.2) is 28.1 Å². The number of fused-ring (bicyclic) bond motifs is 2. The zero-order chi connectivity index (χ0) is 16.5. The van der Waals surface area contributed by atoms with Crippen molar-refractivity contribution in [3.8, 4) is 5.75 Å². The highest BCUT2D eigenvalue weighted by atomic mass is 16.5. The van der Waals surface area contributed by atoms with Gasteiger partial charge in [-0.15, -0.1) is 0 Å². The average Bonchev–Trinajstić information content (AvgIpc) is 2.94. The van der Waals surface area contributed by atoms with Crippen LogP contribution in [0.1, 0.15) is 42.3 Å². The molecule has 0 saturated heterocycles. The van der Waals surface area contributed by atoms with Gasteiger partial charge in [0.2, 0.25) is 5.91 Å². The lowest BCUT2D eigenvalue weighted by atomic mass is 9.90. The second-order valence-corrected chi connectivity index (χ2v) is 6.83. The second-order valence-electron chi connectivity index (χ2n) is 6.83. The number of benzene rings is 1. The molecule has 2 aromatic rings. The van der Waals surface area contributed by atoms with Gasteiger partial charge in [0.15, 0.2) is 0 Å². The number of rotatable bonds is 3. The molecule has 24 heavy (non-hydrogen) atoms. The Bertz CT molecular complexity index is 753. The highest BCUT2D eigenvalue weighted by Gasteiger charge is 2.26. The van der Waals surface area contributed by atoms with Crippen LogP contribution in [0, 0.1) is 6.92 Å². The first-order valence-corrected chi connectivity index (χ1v) is 8.73.